The maximum atomic E-state index is 12.5. The fraction of sp³-hybridized carbons (Fsp3) is 0.364. The van der Waals surface area contributed by atoms with E-state index < -0.39 is 28.0 Å². The lowest BCUT2D eigenvalue weighted by atomic mass is 9.92. The topological polar surface area (TPSA) is 89.3 Å². The highest BCUT2D eigenvalue weighted by Gasteiger charge is 2.45. The molecule has 3 N–H and O–H groups in total. The van der Waals surface area contributed by atoms with E-state index in [-0.39, 0.29) is 17.0 Å². The van der Waals surface area contributed by atoms with Gasteiger partial charge in [0.1, 0.15) is 6.04 Å². The zero-order valence-corrected chi connectivity index (χ0v) is 10.9. The molecule has 2 rings (SSSR count). The number of benzene rings is 1. The first-order valence-electron chi connectivity index (χ1n) is 5.61. The summed E-state index contributed by atoms with van der Waals surface area (Å²) in [4.78, 5) is 11.1. The second-order valence-corrected chi connectivity index (χ2v) is 5.97. The van der Waals surface area contributed by atoms with E-state index in [0.29, 0.717) is 12.0 Å². The zero-order valence-electron chi connectivity index (χ0n) is 10.1. The molecule has 0 amide bonds. The molecule has 110 valence electrons. The van der Waals surface area contributed by atoms with Crippen LogP contribution in [-0.2, 0) is 21.2 Å². The first-order chi connectivity index (χ1) is 9.10. The molecule has 0 bridgehead atoms. The number of alkyl halides is 3. The van der Waals surface area contributed by atoms with Gasteiger partial charge in [-0.2, -0.15) is 13.2 Å². The van der Waals surface area contributed by atoms with Gasteiger partial charge in [-0.15, -0.1) is 0 Å². The van der Waals surface area contributed by atoms with E-state index in [4.69, 9.17) is 5.14 Å². The van der Waals surface area contributed by atoms with E-state index in [1.165, 1.54) is 12.1 Å². The van der Waals surface area contributed by atoms with Gasteiger partial charge < -0.3 is 5.32 Å². The van der Waals surface area contributed by atoms with Crippen LogP contribution in [0.3, 0.4) is 0 Å². The van der Waals surface area contributed by atoms with Crippen LogP contribution in [0.2, 0.25) is 0 Å². The minimum Gasteiger partial charge on any atom is -0.303 e. The molecule has 1 aliphatic rings. The van der Waals surface area contributed by atoms with Gasteiger partial charge in [0.15, 0.2) is 0 Å². The number of hydrogen-bond acceptors (Lipinski definition) is 4. The third kappa shape index (κ3) is 2.84. The Kier molecular flexibility index (Phi) is 3.61. The fourth-order valence-corrected chi connectivity index (χ4v) is 2.68. The molecular weight excluding hydrogens is 297 g/mol. The van der Waals surface area contributed by atoms with Gasteiger partial charge in [0, 0.05) is 6.54 Å². The molecule has 20 heavy (non-hydrogen) atoms. The summed E-state index contributed by atoms with van der Waals surface area (Å²) in [5.74, 6) is -1.90. The van der Waals surface area contributed by atoms with Crippen molar-refractivity contribution in [3.05, 3.63) is 29.3 Å². The standard InChI is InChI=1S/C11H11F3N2O3S/c12-11(13,14)10(17)9-8-2-1-7(20(15,18)19)5-6(8)3-4-16-9/h1-2,5,9,16H,3-4H2,(H2,15,18,19). The Morgan fingerprint density at radius 2 is 2.00 bits per heavy atom. The van der Waals surface area contributed by atoms with Crippen molar-refractivity contribution < 1.29 is 26.4 Å². The molecule has 1 aliphatic heterocycles. The van der Waals surface area contributed by atoms with Gasteiger partial charge in [-0.25, -0.2) is 13.6 Å². The minimum atomic E-state index is -4.95. The number of sulfonamides is 1. The van der Waals surface area contributed by atoms with E-state index in [2.05, 4.69) is 5.32 Å². The fourth-order valence-electron chi connectivity index (χ4n) is 2.12. The summed E-state index contributed by atoms with van der Waals surface area (Å²) in [5.41, 5.74) is 0.504. The Hall–Kier alpha value is -1.45. The molecule has 0 aromatic heterocycles. The lowest BCUT2D eigenvalue weighted by Gasteiger charge is -2.26. The van der Waals surface area contributed by atoms with Crippen LogP contribution in [0, 0.1) is 0 Å². The van der Waals surface area contributed by atoms with Crippen LogP contribution in [0.1, 0.15) is 17.2 Å². The normalized spacial score (nSPS) is 19.5. The van der Waals surface area contributed by atoms with E-state index in [1.54, 1.807) is 0 Å². The number of primary sulfonamides is 1. The number of rotatable bonds is 2. The average molecular weight is 308 g/mol. The number of nitrogens with one attached hydrogen (secondary N) is 1. The number of halogens is 3. The summed E-state index contributed by atoms with van der Waals surface area (Å²) >= 11 is 0. The number of carbonyl (C=O) groups is 1. The summed E-state index contributed by atoms with van der Waals surface area (Å²) in [6.07, 6.45) is -4.63. The van der Waals surface area contributed by atoms with E-state index in [9.17, 15) is 26.4 Å². The smallest absolute Gasteiger partial charge is 0.303 e. The van der Waals surface area contributed by atoms with Crippen LogP contribution in [0.15, 0.2) is 23.1 Å². The van der Waals surface area contributed by atoms with Gasteiger partial charge >= 0.3 is 6.18 Å². The Morgan fingerprint density at radius 1 is 1.35 bits per heavy atom. The Morgan fingerprint density at radius 3 is 2.55 bits per heavy atom. The summed E-state index contributed by atoms with van der Waals surface area (Å²) in [5, 5.41) is 7.45. The summed E-state index contributed by atoms with van der Waals surface area (Å²) in [7, 11) is -3.93. The Bertz CT molecular complexity index is 655. The summed E-state index contributed by atoms with van der Waals surface area (Å²) in [6, 6.07) is 1.99. The SMILES string of the molecule is NS(=O)(=O)c1ccc2c(c1)CCNC2C(=O)C(F)(F)F. The summed E-state index contributed by atoms with van der Waals surface area (Å²) < 4.78 is 59.9. The number of Topliss-reactive ketones (excluding diaryl/α,β-unsaturated/α-hetero) is 1. The highest BCUT2D eigenvalue weighted by molar-refractivity contribution is 7.89. The zero-order chi connectivity index (χ0) is 15.1. The molecule has 0 saturated heterocycles. The molecule has 0 radical (unpaired) electrons. The number of nitrogens with two attached hydrogens (primary N) is 1. The molecule has 1 heterocycles. The molecule has 0 fully saturated rings. The van der Waals surface area contributed by atoms with Crippen molar-refractivity contribution in [3.63, 3.8) is 0 Å². The molecule has 5 nitrogen and oxygen atoms in total. The summed E-state index contributed by atoms with van der Waals surface area (Å²) in [6.45, 7) is 0.146. The third-order valence-electron chi connectivity index (χ3n) is 3.04. The van der Waals surface area contributed by atoms with Gasteiger partial charge in [-0.3, -0.25) is 4.79 Å². The highest BCUT2D eigenvalue weighted by atomic mass is 32.2. The molecule has 1 atom stereocenters. The number of carbonyl (C=O) groups excluding carboxylic acids is 1. The lowest BCUT2D eigenvalue weighted by molar-refractivity contribution is -0.173. The van der Waals surface area contributed by atoms with Crippen LogP contribution in [-0.4, -0.2) is 26.9 Å². The molecule has 1 aromatic rings. The van der Waals surface area contributed by atoms with Gasteiger partial charge in [0.05, 0.1) is 4.90 Å². The Balaban J connectivity index is 2.46. The molecular formula is C11H11F3N2O3S. The molecule has 0 saturated carbocycles. The van der Waals surface area contributed by atoms with Crippen LogP contribution >= 0.6 is 0 Å². The largest absolute Gasteiger partial charge is 0.452 e. The second kappa shape index (κ2) is 4.83. The van der Waals surface area contributed by atoms with Crippen molar-refractivity contribution in [1.29, 1.82) is 0 Å². The first kappa shape index (κ1) is 14.9. The maximum absolute atomic E-state index is 12.5. The molecule has 1 aromatic carbocycles. The van der Waals surface area contributed by atoms with Crippen molar-refractivity contribution in [2.45, 2.75) is 23.5 Å². The lowest BCUT2D eigenvalue weighted by Crippen LogP contribution is -2.41. The van der Waals surface area contributed by atoms with Crippen LogP contribution in [0.25, 0.3) is 0 Å². The molecule has 0 aliphatic carbocycles. The number of ketones is 1. The number of hydrogen-bond donors (Lipinski definition) is 2. The molecule has 9 heteroatoms. The van der Waals surface area contributed by atoms with Crippen LogP contribution < -0.4 is 10.5 Å². The van der Waals surface area contributed by atoms with E-state index in [1.807, 2.05) is 0 Å². The van der Waals surface area contributed by atoms with E-state index in [0.717, 1.165) is 6.07 Å². The monoisotopic (exact) mass is 308 g/mol. The van der Waals surface area contributed by atoms with Crippen molar-refractivity contribution in [2.75, 3.05) is 6.54 Å². The van der Waals surface area contributed by atoms with Crippen molar-refractivity contribution in [1.82, 2.24) is 5.32 Å². The van der Waals surface area contributed by atoms with Gasteiger partial charge in [0.25, 0.3) is 5.78 Å². The molecule has 1 unspecified atom stereocenters. The van der Waals surface area contributed by atoms with Crippen LogP contribution in [0.4, 0.5) is 13.2 Å². The van der Waals surface area contributed by atoms with Gasteiger partial charge in [-0.1, -0.05) is 6.07 Å². The van der Waals surface area contributed by atoms with Crippen molar-refractivity contribution in [3.8, 4) is 0 Å². The van der Waals surface area contributed by atoms with Gasteiger partial charge in [0.2, 0.25) is 10.0 Å². The third-order valence-corrected chi connectivity index (χ3v) is 3.95. The highest BCUT2D eigenvalue weighted by Crippen LogP contribution is 2.31. The second-order valence-electron chi connectivity index (χ2n) is 4.40. The van der Waals surface area contributed by atoms with Crippen molar-refractivity contribution in [2.24, 2.45) is 5.14 Å². The number of fused-ring (bicyclic) bond motifs is 1. The minimum absolute atomic E-state index is 0.131. The van der Waals surface area contributed by atoms with E-state index >= 15 is 0 Å². The van der Waals surface area contributed by atoms with Crippen LogP contribution in [0.5, 0.6) is 0 Å². The predicted molar refractivity (Wildman–Crippen MR) is 63.3 cm³/mol. The van der Waals surface area contributed by atoms with Crippen molar-refractivity contribution >= 4 is 15.8 Å². The van der Waals surface area contributed by atoms with Gasteiger partial charge in [-0.05, 0) is 29.7 Å². The first-order valence-corrected chi connectivity index (χ1v) is 7.15. The Labute approximate surface area is 113 Å². The maximum Gasteiger partial charge on any atom is 0.452 e. The molecule has 0 spiro atoms. The average Bonchev–Trinajstić information content (AvgIpc) is 2.34. The predicted octanol–water partition coefficient (Wildman–Crippen LogP) is 0.652. The quantitative estimate of drug-likeness (QED) is 0.839.